The van der Waals surface area contributed by atoms with E-state index in [9.17, 15) is 15.3 Å². The predicted molar refractivity (Wildman–Crippen MR) is 150 cm³/mol. The van der Waals surface area contributed by atoms with Crippen molar-refractivity contribution in [3.05, 3.63) is 12.2 Å². The molecule has 0 bridgehead atoms. The SMILES string of the molecule is C=C(CCC(O)C1(C)CCC(C(C)(C)O)O1)C1CCC2(O1)OC(C1(C)CCC(Br)C(C)(C)O1)CCC2(C)O. The molecule has 9 atom stereocenters. The topological polar surface area (TPSA) is 97.6 Å². The van der Waals surface area contributed by atoms with Crippen LogP contribution in [0.4, 0.5) is 0 Å². The van der Waals surface area contributed by atoms with E-state index in [-0.39, 0.29) is 28.7 Å². The minimum absolute atomic E-state index is 0.181. The van der Waals surface area contributed by atoms with Crippen molar-refractivity contribution in [3.8, 4) is 0 Å². The molecule has 4 saturated heterocycles. The van der Waals surface area contributed by atoms with Gasteiger partial charge in [-0.05, 0) is 112 Å². The highest BCUT2D eigenvalue weighted by Gasteiger charge is 2.61. The maximum atomic E-state index is 11.5. The molecule has 1 spiro atoms. The summed E-state index contributed by atoms with van der Waals surface area (Å²) in [5.41, 5.74) is -2.63. The summed E-state index contributed by atoms with van der Waals surface area (Å²) in [6.45, 7) is 17.9. The number of aliphatic hydroxyl groups excluding tert-OH is 1. The number of alkyl halides is 1. The molecule has 0 amide bonds. The van der Waals surface area contributed by atoms with Gasteiger partial charge in [-0.15, -0.1) is 0 Å². The van der Waals surface area contributed by atoms with Crippen molar-refractivity contribution in [2.24, 2.45) is 0 Å². The van der Waals surface area contributed by atoms with Crippen LogP contribution in [0.15, 0.2) is 12.2 Å². The van der Waals surface area contributed by atoms with Crippen LogP contribution in [0.2, 0.25) is 0 Å². The van der Waals surface area contributed by atoms with Gasteiger partial charge in [0.2, 0.25) is 0 Å². The van der Waals surface area contributed by atoms with Crippen LogP contribution in [0, 0.1) is 0 Å². The van der Waals surface area contributed by atoms with E-state index in [1.54, 1.807) is 13.8 Å². The van der Waals surface area contributed by atoms with Gasteiger partial charge in [0.25, 0.3) is 0 Å². The molecule has 4 aliphatic rings. The summed E-state index contributed by atoms with van der Waals surface area (Å²) < 4.78 is 26.0. The van der Waals surface area contributed by atoms with Crippen LogP contribution in [0.5, 0.6) is 0 Å². The first kappa shape index (κ1) is 30.9. The summed E-state index contributed by atoms with van der Waals surface area (Å²) in [7, 11) is 0. The average molecular weight is 604 g/mol. The van der Waals surface area contributed by atoms with Gasteiger partial charge in [-0.3, -0.25) is 0 Å². The van der Waals surface area contributed by atoms with E-state index < -0.39 is 34.3 Å². The van der Waals surface area contributed by atoms with Crippen LogP contribution in [-0.2, 0) is 18.9 Å². The molecule has 0 aliphatic carbocycles. The number of aliphatic hydroxyl groups is 3. The minimum Gasteiger partial charge on any atom is -0.390 e. The molecule has 0 aromatic heterocycles. The smallest absolute Gasteiger partial charge is 0.198 e. The molecule has 9 unspecified atom stereocenters. The quantitative estimate of drug-likeness (QED) is 0.268. The fourth-order valence-corrected chi connectivity index (χ4v) is 7.30. The minimum atomic E-state index is -1.12. The molecule has 4 fully saturated rings. The third kappa shape index (κ3) is 5.80. The Hall–Kier alpha value is -0.0600. The number of ether oxygens (including phenoxy) is 4. The van der Waals surface area contributed by atoms with E-state index in [2.05, 4.69) is 43.3 Å². The maximum absolute atomic E-state index is 11.5. The van der Waals surface area contributed by atoms with Gasteiger partial charge >= 0.3 is 0 Å². The van der Waals surface area contributed by atoms with Crippen molar-refractivity contribution in [1.29, 1.82) is 0 Å². The second-order valence-corrected chi connectivity index (χ2v) is 15.3. The van der Waals surface area contributed by atoms with E-state index in [1.165, 1.54) is 0 Å². The Morgan fingerprint density at radius 3 is 2.26 bits per heavy atom. The molecule has 0 radical (unpaired) electrons. The molecule has 3 N–H and O–H groups in total. The van der Waals surface area contributed by atoms with Gasteiger partial charge in [-0.1, -0.05) is 22.5 Å². The first-order valence-corrected chi connectivity index (χ1v) is 15.4. The maximum Gasteiger partial charge on any atom is 0.198 e. The van der Waals surface area contributed by atoms with Gasteiger partial charge in [0.05, 0.1) is 46.8 Å². The van der Waals surface area contributed by atoms with E-state index >= 15 is 0 Å². The van der Waals surface area contributed by atoms with Crippen molar-refractivity contribution >= 4 is 15.9 Å². The highest BCUT2D eigenvalue weighted by molar-refractivity contribution is 9.09. The Morgan fingerprint density at radius 2 is 1.66 bits per heavy atom. The Labute approximate surface area is 237 Å². The summed E-state index contributed by atoms with van der Waals surface area (Å²) in [4.78, 5) is 0.285. The number of halogens is 1. The fourth-order valence-electron chi connectivity index (χ4n) is 6.98. The average Bonchev–Trinajstić information content (AvgIpc) is 3.42. The molecule has 4 rings (SSSR count). The van der Waals surface area contributed by atoms with Crippen molar-refractivity contribution < 1.29 is 34.3 Å². The van der Waals surface area contributed by atoms with Gasteiger partial charge in [0.15, 0.2) is 5.79 Å². The molecule has 0 saturated carbocycles. The van der Waals surface area contributed by atoms with Crippen molar-refractivity contribution in [3.63, 3.8) is 0 Å². The van der Waals surface area contributed by atoms with E-state index in [1.807, 2.05) is 13.8 Å². The Morgan fingerprint density at radius 1 is 0.974 bits per heavy atom. The van der Waals surface area contributed by atoms with Crippen molar-refractivity contribution in [1.82, 2.24) is 0 Å². The van der Waals surface area contributed by atoms with Crippen LogP contribution < -0.4 is 0 Å². The van der Waals surface area contributed by atoms with Crippen LogP contribution in [0.1, 0.15) is 113 Å². The second-order valence-electron chi connectivity index (χ2n) is 14.2. The second kappa shape index (κ2) is 10.3. The van der Waals surface area contributed by atoms with Crippen molar-refractivity contribution in [2.75, 3.05) is 0 Å². The molecule has 0 aromatic rings. The first-order valence-electron chi connectivity index (χ1n) is 14.5. The summed E-state index contributed by atoms with van der Waals surface area (Å²) in [5.74, 6) is -1.11. The molecule has 38 heavy (non-hydrogen) atoms. The van der Waals surface area contributed by atoms with Crippen molar-refractivity contribution in [2.45, 2.75) is 176 Å². The van der Waals surface area contributed by atoms with Gasteiger partial charge in [0.1, 0.15) is 5.60 Å². The van der Waals surface area contributed by atoms with E-state index in [0.717, 1.165) is 24.8 Å². The molecule has 7 nitrogen and oxygen atoms in total. The summed E-state index contributed by atoms with van der Waals surface area (Å²) in [6.07, 6.45) is 5.54. The highest BCUT2D eigenvalue weighted by atomic mass is 79.9. The Kier molecular flexibility index (Phi) is 8.40. The number of rotatable bonds is 7. The normalized spacial score (nSPS) is 46.4. The number of hydrogen-bond acceptors (Lipinski definition) is 7. The van der Waals surface area contributed by atoms with Gasteiger partial charge in [-0.25, -0.2) is 0 Å². The Balaban J connectivity index is 1.37. The van der Waals surface area contributed by atoms with Crippen LogP contribution >= 0.6 is 15.9 Å². The largest absolute Gasteiger partial charge is 0.390 e. The molecule has 4 heterocycles. The predicted octanol–water partition coefficient (Wildman–Crippen LogP) is 5.31. The molecule has 8 heteroatoms. The zero-order valence-electron chi connectivity index (χ0n) is 24.5. The van der Waals surface area contributed by atoms with Gasteiger partial charge in [0, 0.05) is 11.2 Å². The zero-order chi connectivity index (χ0) is 28.4. The standard InChI is InChI=1S/C30H51BrO7/c1-19(9-10-22(32)27(6)16-13-23(36-27)25(2,3)33)20-11-18-30(35-20)29(8,34)17-14-24(37-30)28(7)15-12-21(31)26(4,5)38-28/h20-24,32-34H,1,9-18H2,2-8H3. The monoisotopic (exact) mass is 602 g/mol. The Bertz CT molecular complexity index is 884. The van der Waals surface area contributed by atoms with Crippen LogP contribution in [0.25, 0.3) is 0 Å². The fraction of sp³-hybridized carbons (Fsp3) is 0.933. The van der Waals surface area contributed by atoms with Crippen LogP contribution in [0.3, 0.4) is 0 Å². The summed E-state index contributed by atoms with van der Waals surface area (Å²) in [5, 5.41) is 32.8. The summed E-state index contributed by atoms with van der Waals surface area (Å²) in [6, 6.07) is 0. The lowest BCUT2D eigenvalue weighted by Gasteiger charge is -2.55. The zero-order valence-corrected chi connectivity index (χ0v) is 26.1. The molecule has 220 valence electrons. The number of hydrogen-bond donors (Lipinski definition) is 3. The lowest BCUT2D eigenvalue weighted by Crippen LogP contribution is -2.65. The van der Waals surface area contributed by atoms with Gasteiger partial charge < -0.3 is 34.3 Å². The summed E-state index contributed by atoms with van der Waals surface area (Å²) >= 11 is 3.77. The molecule has 4 aliphatic heterocycles. The first-order chi connectivity index (χ1) is 17.3. The highest BCUT2D eigenvalue weighted by Crippen LogP contribution is 2.52. The van der Waals surface area contributed by atoms with E-state index in [4.69, 9.17) is 18.9 Å². The molecule has 0 aromatic carbocycles. The third-order valence-corrected chi connectivity index (χ3v) is 11.5. The molecular formula is C30H51BrO7. The van der Waals surface area contributed by atoms with Crippen LogP contribution in [-0.4, -0.2) is 78.4 Å². The lowest BCUT2D eigenvalue weighted by atomic mass is 9.77. The van der Waals surface area contributed by atoms with E-state index in [0.29, 0.717) is 44.9 Å². The molecular weight excluding hydrogens is 552 g/mol. The lowest BCUT2D eigenvalue weighted by molar-refractivity contribution is -0.370. The third-order valence-electron chi connectivity index (χ3n) is 9.94. The van der Waals surface area contributed by atoms with Gasteiger partial charge in [-0.2, -0.15) is 0 Å².